The Morgan fingerprint density at radius 3 is 2.10 bits per heavy atom. The Morgan fingerprint density at radius 2 is 1.44 bits per heavy atom. The number of likely N-dealkylation sites (N-methyl/N-ethyl adjacent to an activating group) is 1. The van der Waals surface area contributed by atoms with E-state index < -0.39 is 5.97 Å². The summed E-state index contributed by atoms with van der Waals surface area (Å²) in [5, 5.41) is 15.7. The second kappa shape index (κ2) is 20.3. The number of hydrogen-bond acceptors (Lipinski definition) is 9. The van der Waals surface area contributed by atoms with Gasteiger partial charge in [-0.2, -0.15) is 0 Å². The van der Waals surface area contributed by atoms with E-state index in [2.05, 4.69) is 15.5 Å². The lowest BCUT2D eigenvalue weighted by molar-refractivity contribution is -0.142. The maximum Gasteiger partial charge on any atom is 0.337 e. The zero-order chi connectivity index (χ0) is 43.8. The number of fused-ring (bicyclic) bond motifs is 1. The number of rotatable bonds is 17. The summed E-state index contributed by atoms with van der Waals surface area (Å²) in [7, 11) is 2.90. The van der Waals surface area contributed by atoms with Crippen LogP contribution < -0.4 is 10.6 Å². The molecule has 3 aliphatic rings. The predicted octanol–water partition coefficient (Wildman–Crippen LogP) is 6.98. The van der Waals surface area contributed by atoms with Crippen LogP contribution in [0.3, 0.4) is 0 Å². The Balaban J connectivity index is 0.953. The highest BCUT2D eigenvalue weighted by molar-refractivity contribution is 7.17. The molecule has 2 aliphatic carbocycles. The summed E-state index contributed by atoms with van der Waals surface area (Å²) in [6.07, 6.45) is 8.71. The van der Waals surface area contributed by atoms with Gasteiger partial charge in [0.05, 0.1) is 31.2 Å². The lowest BCUT2D eigenvalue weighted by Gasteiger charge is -2.39. The summed E-state index contributed by atoms with van der Waals surface area (Å²) in [4.78, 5) is 82.6. The van der Waals surface area contributed by atoms with Crippen LogP contribution in [0.15, 0.2) is 72.8 Å². The molecule has 2 heterocycles. The van der Waals surface area contributed by atoms with Crippen LogP contribution in [0.2, 0.25) is 0 Å². The molecule has 3 N–H and O–H groups in total. The number of aliphatic carboxylic acids is 1. The quantitative estimate of drug-likeness (QED) is 0.0950. The minimum Gasteiger partial charge on any atom is -0.481 e. The lowest BCUT2D eigenvalue weighted by Crippen LogP contribution is -2.49. The van der Waals surface area contributed by atoms with Crippen LogP contribution in [0.25, 0.3) is 0 Å². The number of carboxylic acid groups (broad SMARTS) is 1. The van der Waals surface area contributed by atoms with Gasteiger partial charge in [-0.15, -0.1) is 11.3 Å². The molecule has 1 saturated heterocycles. The smallest absolute Gasteiger partial charge is 0.337 e. The van der Waals surface area contributed by atoms with E-state index in [9.17, 15) is 28.8 Å². The number of hydrogen-bond donors (Lipinski definition) is 3. The van der Waals surface area contributed by atoms with Crippen molar-refractivity contribution >= 4 is 57.6 Å². The maximum absolute atomic E-state index is 14.0. The summed E-state index contributed by atoms with van der Waals surface area (Å²) in [5.74, 6) is -2.40. The first-order valence-electron chi connectivity index (χ1n) is 21.6. The van der Waals surface area contributed by atoms with Crippen molar-refractivity contribution in [2.45, 2.75) is 95.7 Å². The van der Waals surface area contributed by atoms with Gasteiger partial charge in [-0.1, -0.05) is 36.4 Å². The zero-order valence-corrected chi connectivity index (χ0v) is 36.3. The third kappa shape index (κ3) is 11.3. The van der Waals surface area contributed by atoms with Gasteiger partial charge >= 0.3 is 11.9 Å². The van der Waals surface area contributed by atoms with Crippen LogP contribution in [0, 0.1) is 0 Å². The number of carboxylic acids is 1. The zero-order valence-electron chi connectivity index (χ0n) is 35.5. The van der Waals surface area contributed by atoms with Crippen molar-refractivity contribution in [3.8, 4) is 0 Å². The van der Waals surface area contributed by atoms with Gasteiger partial charge in [0.15, 0.2) is 0 Å². The average Bonchev–Trinajstić information content (AvgIpc) is 4.07. The number of benzene rings is 3. The van der Waals surface area contributed by atoms with Crippen LogP contribution in [0.5, 0.6) is 0 Å². The van der Waals surface area contributed by atoms with Crippen molar-refractivity contribution < 1.29 is 38.6 Å². The highest BCUT2D eigenvalue weighted by atomic mass is 32.1. The standard InChI is InChI=1S/C48H55N5O8S/c1-51(41(54)22-23-43(56)57)30-42(55)52-26-24-38(25-27-52)53(37-20-21-37)29-33-6-5-7-35(28-33)45(58)50-47-44(39-8-3-4-9-40(39)62-47)46(59)49-36-18-14-32(15-19-36)11-10-31-12-16-34(17-13-31)48(60)61-2/h5-7,12-19,28,37-38H,3-4,8-11,20-27,29-30H2,1-2H3,(H,49,59)(H,50,58)(H,56,57). The van der Waals surface area contributed by atoms with E-state index in [0.29, 0.717) is 53.1 Å². The lowest BCUT2D eigenvalue weighted by atomic mass is 9.95. The molecule has 62 heavy (non-hydrogen) atoms. The molecule has 13 nitrogen and oxygen atoms in total. The van der Waals surface area contributed by atoms with Gasteiger partial charge in [0.2, 0.25) is 11.8 Å². The van der Waals surface area contributed by atoms with Crippen molar-refractivity contribution in [1.29, 1.82) is 0 Å². The maximum atomic E-state index is 14.0. The van der Waals surface area contributed by atoms with Crippen LogP contribution in [-0.4, -0.2) is 101 Å². The molecule has 2 fully saturated rings. The average molecular weight is 862 g/mol. The topological polar surface area (TPSA) is 166 Å². The van der Waals surface area contributed by atoms with E-state index in [4.69, 9.17) is 9.84 Å². The number of thiophene rings is 1. The Kier molecular flexibility index (Phi) is 14.5. The van der Waals surface area contributed by atoms with Crippen molar-refractivity contribution in [3.63, 3.8) is 0 Å². The largest absolute Gasteiger partial charge is 0.481 e. The summed E-state index contributed by atoms with van der Waals surface area (Å²) >= 11 is 1.49. The number of amides is 4. The molecule has 0 unspecified atom stereocenters. The molecular weight excluding hydrogens is 807 g/mol. The van der Waals surface area contributed by atoms with E-state index in [1.807, 2.05) is 54.6 Å². The third-order valence-corrected chi connectivity index (χ3v) is 13.3. The fraction of sp³-hybridized carbons (Fsp3) is 0.417. The Bertz CT molecular complexity index is 2280. The molecule has 326 valence electrons. The van der Waals surface area contributed by atoms with Crippen molar-refractivity contribution in [3.05, 3.63) is 117 Å². The van der Waals surface area contributed by atoms with Crippen molar-refractivity contribution in [2.24, 2.45) is 0 Å². The minimum absolute atomic E-state index is 0.0705. The third-order valence-electron chi connectivity index (χ3n) is 12.1. The van der Waals surface area contributed by atoms with Gasteiger partial charge in [-0.25, -0.2) is 4.79 Å². The molecular formula is C48H55N5O8S. The number of anilines is 2. The fourth-order valence-electron chi connectivity index (χ4n) is 8.46. The molecule has 14 heteroatoms. The van der Waals surface area contributed by atoms with Crippen molar-refractivity contribution in [1.82, 2.24) is 14.7 Å². The second-order valence-corrected chi connectivity index (χ2v) is 17.7. The van der Waals surface area contributed by atoms with Gasteiger partial charge in [0, 0.05) is 61.3 Å². The monoisotopic (exact) mass is 861 g/mol. The molecule has 4 amide bonds. The normalized spacial score (nSPS) is 15.1. The number of nitrogens with one attached hydrogen (secondary N) is 2. The molecule has 0 spiro atoms. The minimum atomic E-state index is -1.04. The van der Waals surface area contributed by atoms with E-state index >= 15 is 0 Å². The van der Waals surface area contributed by atoms with Crippen LogP contribution in [0.1, 0.15) is 110 Å². The molecule has 1 aromatic heterocycles. The first-order valence-corrected chi connectivity index (χ1v) is 22.4. The molecule has 0 bridgehead atoms. The summed E-state index contributed by atoms with van der Waals surface area (Å²) in [5.41, 5.74) is 6.52. The Labute approximate surface area is 366 Å². The number of likely N-dealkylation sites (tertiary alicyclic amines) is 1. The molecule has 1 saturated carbocycles. The molecule has 3 aromatic carbocycles. The number of ether oxygens (including phenoxy) is 1. The van der Waals surface area contributed by atoms with Gasteiger partial charge in [-0.3, -0.25) is 28.9 Å². The summed E-state index contributed by atoms with van der Waals surface area (Å²) in [6, 6.07) is 23.6. The molecule has 4 aromatic rings. The van der Waals surface area contributed by atoms with Crippen LogP contribution >= 0.6 is 11.3 Å². The number of esters is 1. The number of aryl methyl sites for hydroxylation is 3. The second-order valence-electron chi connectivity index (χ2n) is 16.6. The van der Waals surface area contributed by atoms with Gasteiger partial charge in [0.25, 0.3) is 11.8 Å². The first kappa shape index (κ1) is 44.2. The molecule has 0 atom stereocenters. The summed E-state index contributed by atoms with van der Waals surface area (Å²) < 4.78 is 4.79. The van der Waals surface area contributed by atoms with Gasteiger partial charge < -0.3 is 30.3 Å². The van der Waals surface area contributed by atoms with Crippen LogP contribution in [0.4, 0.5) is 10.7 Å². The highest BCUT2D eigenvalue weighted by Gasteiger charge is 2.36. The van der Waals surface area contributed by atoms with E-state index in [1.54, 1.807) is 23.1 Å². The van der Waals surface area contributed by atoms with Crippen LogP contribution in [-0.2, 0) is 51.3 Å². The fourth-order valence-corrected chi connectivity index (χ4v) is 9.74. The highest BCUT2D eigenvalue weighted by Crippen LogP contribution is 2.39. The van der Waals surface area contributed by atoms with E-state index in [0.717, 1.165) is 91.3 Å². The van der Waals surface area contributed by atoms with Gasteiger partial charge in [0.1, 0.15) is 5.00 Å². The SMILES string of the molecule is COC(=O)c1ccc(CCc2ccc(NC(=O)c3c(NC(=O)c4cccc(CN(C5CC5)C5CCN(C(=O)CN(C)C(=O)CCC(=O)O)CC5)c4)sc4c3CCCC4)cc2)cc1. The van der Waals surface area contributed by atoms with E-state index in [1.165, 1.54) is 30.4 Å². The Morgan fingerprint density at radius 1 is 0.774 bits per heavy atom. The first-order chi connectivity index (χ1) is 29.9. The number of carbonyl (C=O) groups excluding carboxylic acids is 5. The van der Waals surface area contributed by atoms with E-state index in [-0.39, 0.29) is 55.0 Å². The predicted molar refractivity (Wildman–Crippen MR) is 238 cm³/mol. The molecule has 0 radical (unpaired) electrons. The van der Waals surface area contributed by atoms with Crippen molar-refractivity contribution in [2.75, 3.05) is 44.4 Å². The number of nitrogens with zero attached hydrogens (tertiary/aromatic N) is 3. The Hall–Kier alpha value is -5.86. The molecule has 1 aliphatic heterocycles. The number of piperidine rings is 1. The number of methoxy groups -OCH3 is 1. The summed E-state index contributed by atoms with van der Waals surface area (Å²) in [6.45, 7) is 1.76. The number of carbonyl (C=O) groups is 6. The molecule has 7 rings (SSSR count). The van der Waals surface area contributed by atoms with Gasteiger partial charge in [-0.05, 0) is 123 Å².